The largest absolute Gasteiger partial charge is 0.497 e. The lowest BCUT2D eigenvalue weighted by Crippen LogP contribution is -2.29. The maximum atomic E-state index is 12.4. The molecule has 0 unspecified atom stereocenters. The van der Waals surface area contributed by atoms with Crippen molar-refractivity contribution in [2.45, 2.75) is 6.54 Å². The molecule has 0 fully saturated rings. The maximum absolute atomic E-state index is 12.4. The molecule has 10 heteroatoms. The number of carbonyl (C=O) groups excluding carboxylic acids is 2. The summed E-state index contributed by atoms with van der Waals surface area (Å²) in [5, 5.41) is 14.5. The molecular formula is C21H23N5O4S. The first-order valence-electron chi connectivity index (χ1n) is 9.37. The Bertz CT molecular complexity index is 1040. The lowest BCUT2D eigenvalue weighted by atomic mass is 10.3. The van der Waals surface area contributed by atoms with Gasteiger partial charge in [0.1, 0.15) is 16.5 Å². The smallest absolute Gasteiger partial charge is 0.286 e. The van der Waals surface area contributed by atoms with E-state index in [2.05, 4.69) is 20.8 Å². The Labute approximate surface area is 184 Å². The molecule has 2 aromatic carbocycles. The maximum Gasteiger partial charge on any atom is 0.286 e. The second kappa shape index (κ2) is 10.5. The topological polar surface area (TPSA) is 106 Å². The quantitative estimate of drug-likeness (QED) is 0.526. The molecule has 0 radical (unpaired) electrons. The summed E-state index contributed by atoms with van der Waals surface area (Å²) in [7, 11) is 4.95. The van der Waals surface area contributed by atoms with Crippen molar-refractivity contribution in [3.05, 3.63) is 58.5 Å². The molecule has 0 atom stereocenters. The van der Waals surface area contributed by atoms with Gasteiger partial charge in [-0.1, -0.05) is 17.4 Å². The van der Waals surface area contributed by atoms with E-state index in [1.165, 1.54) is 11.3 Å². The normalized spacial score (nSPS) is 10.6. The van der Waals surface area contributed by atoms with Crippen LogP contribution in [0.4, 0.5) is 11.4 Å². The molecule has 0 aliphatic rings. The third kappa shape index (κ3) is 6.49. The summed E-state index contributed by atoms with van der Waals surface area (Å²) >= 11 is 1.18. The summed E-state index contributed by atoms with van der Waals surface area (Å²) < 4.78 is 10.3. The third-order valence-corrected chi connectivity index (χ3v) is 5.09. The van der Waals surface area contributed by atoms with Gasteiger partial charge in [0.2, 0.25) is 10.9 Å². The van der Waals surface area contributed by atoms with Gasteiger partial charge in [-0.25, -0.2) is 0 Å². The number of amides is 2. The average Bonchev–Trinajstić information content (AvgIpc) is 3.22. The lowest BCUT2D eigenvalue weighted by molar-refractivity contribution is -0.117. The summed E-state index contributed by atoms with van der Waals surface area (Å²) in [5.41, 5.74) is 1.29. The van der Waals surface area contributed by atoms with Crippen LogP contribution < -0.4 is 20.1 Å². The Morgan fingerprint density at radius 3 is 2.42 bits per heavy atom. The van der Waals surface area contributed by atoms with Gasteiger partial charge in [0.05, 0.1) is 27.3 Å². The van der Waals surface area contributed by atoms with Crippen LogP contribution in [0.15, 0.2) is 48.5 Å². The summed E-state index contributed by atoms with van der Waals surface area (Å²) in [6, 6.07) is 14.1. The zero-order chi connectivity index (χ0) is 22.2. The van der Waals surface area contributed by atoms with Gasteiger partial charge in [-0.05, 0) is 43.4 Å². The average molecular weight is 442 g/mol. The fourth-order valence-corrected chi connectivity index (χ4v) is 3.52. The van der Waals surface area contributed by atoms with Crippen molar-refractivity contribution in [2.75, 3.05) is 38.4 Å². The molecule has 3 rings (SSSR count). The molecule has 162 valence electrons. The number of hydrogen-bond acceptors (Lipinski definition) is 8. The lowest BCUT2D eigenvalue weighted by Gasteiger charge is -2.14. The molecule has 0 bridgehead atoms. The number of nitrogens with one attached hydrogen (secondary N) is 2. The van der Waals surface area contributed by atoms with Crippen molar-refractivity contribution in [3.63, 3.8) is 0 Å². The molecular weight excluding hydrogens is 418 g/mol. The Balaban J connectivity index is 1.50. The minimum Gasteiger partial charge on any atom is -0.497 e. The molecule has 3 aromatic rings. The van der Waals surface area contributed by atoms with Gasteiger partial charge < -0.3 is 20.1 Å². The van der Waals surface area contributed by atoms with Crippen molar-refractivity contribution < 1.29 is 19.1 Å². The van der Waals surface area contributed by atoms with E-state index in [-0.39, 0.29) is 23.4 Å². The molecule has 0 aliphatic carbocycles. The second-order valence-electron chi connectivity index (χ2n) is 6.64. The van der Waals surface area contributed by atoms with Gasteiger partial charge in [-0.2, -0.15) is 0 Å². The van der Waals surface area contributed by atoms with Gasteiger partial charge in [-0.15, -0.1) is 10.2 Å². The molecule has 0 spiro atoms. The molecule has 31 heavy (non-hydrogen) atoms. The number of hydrogen-bond donors (Lipinski definition) is 2. The Hall–Kier alpha value is -3.50. The first-order chi connectivity index (χ1) is 15.0. The van der Waals surface area contributed by atoms with E-state index in [4.69, 9.17) is 9.47 Å². The zero-order valence-corrected chi connectivity index (χ0v) is 18.2. The van der Waals surface area contributed by atoms with Gasteiger partial charge in [0.25, 0.3) is 5.91 Å². The summed E-state index contributed by atoms with van der Waals surface area (Å²) in [4.78, 5) is 26.4. The molecule has 2 amide bonds. The zero-order valence-electron chi connectivity index (χ0n) is 17.4. The number of methoxy groups -OCH3 is 2. The van der Waals surface area contributed by atoms with Gasteiger partial charge in [-0.3, -0.25) is 14.5 Å². The van der Waals surface area contributed by atoms with E-state index in [1.807, 2.05) is 0 Å². The standard InChI is InChI=1S/C21H23N5O4S/c1-26(12-18(27)22-15-5-4-6-17(11-15)30-3)13-19-24-25-21(31-19)20(28)23-14-7-9-16(29-2)10-8-14/h4-11H,12-13H2,1-3H3,(H,22,27)(H,23,28). The van der Waals surface area contributed by atoms with E-state index < -0.39 is 0 Å². The van der Waals surface area contributed by atoms with Crippen LogP contribution in [0, 0.1) is 0 Å². The Kier molecular flexibility index (Phi) is 7.52. The van der Waals surface area contributed by atoms with Crippen LogP contribution in [0.5, 0.6) is 11.5 Å². The Morgan fingerprint density at radius 2 is 1.71 bits per heavy atom. The predicted octanol–water partition coefficient (Wildman–Crippen LogP) is 2.88. The summed E-state index contributed by atoms with van der Waals surface area (Å²) in [5.74, 6) is 0.861. The molecule has 2 N–H and O–H groups in total. The van der Waals surface area contributed by atoms with Crippen LogP contribution in [0.3, 0.4) is 0 Å². The monoisotopic (exact) mass is 441 g/mol. The highest BCUT2D eigenvalue weighted by Crippen LogP contribution is 2.18. The van der Waals surface area contributed by atoms with Gasteiger partial charge in [0.15, 0.2) is 0 Å². The molecule has 0 saturated carbocycles. The molecule has 1 heterocycles. The fourth-order valence-electron chi connectivity index (χ4n) is 2.70. The predicted molar refractivity (Wildman–Crippen MR) is 119 cm³/mol. The van der Waals surface area contributed by atoms with Crippen LogP contribution in [-0.2, 0) is 11.3 Å². The van der Waals surface area contributed by atoms with Crippen LogP contribution >= 0.6 is 11.3 Å². The SMILES string of the molecule is COc1ccc(NC(=O)c2nnc(CN(C)CC(=O)Nc3cccc(OC)c3)s2)cc1. The highest BCUT2D eigenvalue weighted by Gasteiger charge is 2.15. The first-order valence-corrected chi connectivity index (χ1v) is 10.2. The third-order valence-electron chi connectivity index (χ3n) is 4.18. The van der Waals surface area contributed by atoms with Gasteiger partial charge in [0, 0.05) is 17.4 Å². The second-order valence-corrected chi connectivity index (χ2v) is 7.70. The molecule has 0 saturated heterocycles. The Morgan fingerprint density at radius 1 is 0.968 bits per heavy atom. The summed E-state index contributed by atoms with van der Waals surface area (Å²) in [6.45, 7) is 0.545. The number of benzene rings is 2. The number of carbonyl (C=O) groups is 2. The van der Waals surface area contributed by atoms with E-state index in [9.17, 15) is 9.59 Å². The van der Waals surface area contributed by atoms with Crippen molar-refractivity contribution in [1.82, 2.24) is 15.1 Å². The van der Waals surface area contributed by atoms with Crippen LogP contribution in [0.2, 0.25) is 0 Å². The van der Waals surface area contributed by atoms with Gasteiger partial charge >= 0.3 is 0 Å². The number of nitrogens with zero attached hydrogens (tertiary/aromatic N) is 3. The number of aromatic nitrogens is 2. The molecule has 9 nitrogen and oxygen atoms in total. The number of anilines is 2. The van der Waals surface area contributed by atoms with E-state index >= 15 is 0 Å². The van der Waals surface area contributed by atoms with Crippen LogP contribution in [0.25, 0.3) is 0 Å². The number of rotatable bonds is 9. The highest BCUT2D eigenvalue weighted by atomic mass is 32.1. The first kappa shape index (κ1) is 22.2. The van der Waals surface area contributed by atoms with Crippen molar-refractivity contribution in [3.8, 4) is 11.5 Å². The van der Waals surface area contributed by atoms with Crippen LogP contribution in [-0.4, -0.2) is 54.7 Å². The highest BCUT2D eigenvalue weighted by molar-refractivity contribution is 7.13. The van der Waals surface area contributed by atoms with E-state index in [0.717, 1.165) is 0 Å². The van der Waals surface area contributed by atoms with E-state index in [1.54, 1.807) is 74.7 Å². The van der Waals surface area contributed by atoms with Crippen LogP contribution in [0.1, 0.15) is 14.8 Å². The fraction of sp³-hybridized carbons (Fsp3) is 0.238. The van der Waals surface area contributed by atoms with Crippen molar-refractivity contribution >= 4 is 34.5 Å². The number of ether oxygens (including phenoxy) is 2. The molecule has 1 aromatic heterocycles. The van der Waals surface area contributed by atoms with Crippen molar-refractivity contribution in [1.29, 1.82) is 0 Å². The van der Waals surface area contributed by atoms with E-state index in [0.29, 0.717) is 34.4 Å². The summed E-state index contributed by atoms with van der Waals surface area (Å²) in [6.07, 6.45) is 0. The number of likely N-dealkylation sites (N-methyl/N-ethyl adjacent to an activating group) is 1. The molecule has 0 aliphatic heterocycles. The van der Waals surface area contributed by atoms with Crippen molar-refractivity contribution in [2.24, 2.45) is 0 Å². The minimum absolute atomic E-state index is 0.157. The minimum atomic E-state index is -0.340.